The summed E-state index contributed by atoms with van der Waals surface area (Å²) in [5, 5.41) is 4.89. The van der Waals surface area contributed by atoms with E-state index in [1.165, 1.54) is 11.3 Å². The normalized spacial score (nSPS) is 22.4. The van der Waals surface area contributed by atoms with Crippen LogP contribution in [0.3, 0.4) is 0 Å². The highest BCUT2D eigenvalue weighted by atomic mass is 32.1. The van der Waals surface area contributed by atoms with Crippen LogP contribution in [0, 0.1) is 5.92 Å². The van der Waals surface area contributed by atoms with E-state index in [0.29, 0.717) is 18.0 Å². The van der Waals surface area contributed by atoms with Gasteiger partial charge in [-0.25, -0.2) is 0 Å². The Labute approximate surface area is 164 Å². The van der Waals surface area contributed by atoms with E-state index in [2.05, 4.69) is 12.2 Å². The Hall–Kier alpha value is -1.89. The fraction of sp³-hybridized carbons (Fsp3) is 0.650. The van der Waals surface area contributed by atoms with E-state index in [1.54, 1.807) is 13.0 Å². The van der Waals surface area contributed by atoms with Crippen molar-refractivity contribution in [2.24, 2.45) is 5.92 Å². The number of piperidine rings is 2. The van der Waals surface area contributed by atoms with Crippen molar-refractivity contribution in [3.8, 4) is 0 Å². The molecule has 3 rings (SSSR count). The molecule has 7 heteroatoms. The summed E-state index contributed by atoms with van der Waals surface area (Å²) < 4.78 is 0. The quantitative estimate of drug-likeness (QED) is 0.857. The maximum absolute atomic E-state index is 13.4. The Morgan fingerprint density at radius 3 is 2.48 bits per heavy atom. The minimum Gasteiger partial charge on any atom is -0.343 e. The Morgan fingerprint density at radius 2 is 1.89 bits per heavy atom. The molecular weight excluding hydrogens is 362 g/mol. The lowest BCUT2D eigenvalue weighted by atomic mass is 9.87. The van der Waals surface area contributed by atoms with E-state index < -0.39 is 6.04 Å². The Kier molecular flexibility index (Phi) is 6.52. The van der Waals surface area contributed by atoms with Crippen LogP contribution in [0.1, 0.15) is 55.6 Å². The SMILES string of the molecule is CC(=O)N1CCC(C(NC(=O)c2cccs2)C(=O)N2CCCCC2C)CC1. The lowest BCUT2D eigenvalue weighted by Crippen LogP contribution is -2.57. The Bertz CT molecular complexity index is 668. The number of hydrogen-bond donors (Lipinski definition) is 1. The molecule has 0 bridgehead atoms. The lowest BCUT2D eigenvalue weighted by molar-refractivity contribution is -0.138. The molecule has 0 aromatic carbocycles. The van der Waals surface area contributed by atoms with Gasteiger partial charge in [-0.05, 0) is 56.4 Å². The number of thiophene rings is 1. The molecule has 3 heterocycles. The van der Waals surface area contributed by atoms with Crippen LogP contribution in [-0.4, -0.2) is 59.2 Å². The predicted octanol–water partition coefficient (Wildman–Crippen LogP) is 2.51. The third-order valence-electron chi connectivity index (χ3n) is 5.84. The number of carbonyl (C=O) groups is 3. The number of nitrogens with one attached hydrogen (secondary N) is 1. The molecular formula is C20H29N3O3S. The van der Waals surface area contributed by atoms with Gasteiger partial charge in [0.2, 0.25) is 11.8 Å². The maximum Gasteiger partial charge on any atom is 0.262 e. The predicted molar refractivity (Wildman–Crippen MR) is 106 cm³/mol. The second-order valence-electron chi connectivity index (χ2n) is 7.65. The largest absolute Gasteiger partial charge is 0.343 e. The number of carbonyl (C=O) groups excluding carboxylic acids is 3. The summed E-state index contributed by atoms with van der Waals surface area (Å²) in [5.74, 6) is -0.00914. The van der Waals surface area contributed by atoms with E-state index >= 15 is 0 Å². The molecule has 148 valence electrons. The molecule has 1 N–H and O–H groups in total. The van der Waals surface area contributed by atoms with E-state index in [4.69, 9.17) is 0 Å². The van der Waals surface area contributed by atoms with E-state index in [1.807, 2.05) is 21.2 Å². The van der Waals surface area contributed by atoms with Crippen LogP contribution in [0.25, 0.3) is 0 Å². The number of amides is 3. The van der Waals surface area contributed by atoms with E-state index in [0.717, 1.165) is 38.6 Å². The first-order valence-electron chi connectivity index (χ1n) is 9.87. The molecule has 0 saturated carbocycles. The first kappa shape index (κ1) is 19.9. The first-order valence-corrected chi connectivity index (χ1v) is 10.8. The molecule has 1 aromatic heterocycles. The molecule has 1 aromatic rings. The van der Waals surface area contributed by atoms with Crippen molar-refractivity contribution in [1.29, 1.82) is 0 Å². The van der Waals surface area contributed by atoms with Crippen LogP contribution in [0.15, 0.2) is 17.5 Å². The van der Waals surface area contributed by atoms with Crippen LogP contribution in [0.5, 0.6) is 0 Å². The standard InChI is InChI=1S/C20H29N3O3S/c1-14-6-3-4-10-23(14)20(26)18(21-19(25)17-7-5-13-27-17)16-8-11-22(12-9-16)15(2)24/h5,7,13-14,16,18H,3-4,6,8-12H2,1-2H3,(H,21,25). The Balaban J connectivity index is 1.75. The van der Waals surface area contributed by atoms with Crippen LogP contribution in [0.2, 0.25) is 0 Å². The minimum atomic E-state index is -0.519. The van der Waals surface area contributed by atoms with E-state index in [-0.39, 0.29) is 29.7 Å². The summed E-state index contributed by atoms with van der Waals surface area (Å²) in [4.78, 5) is 42.0. The lowest BCUT2D eigenvalue weighted by Gasteiger charge is -2.40. The molecule has 0 spiro atoms. The third kappa shape index (κ3) is 4.69. The van der Waals surface area contributed by atoms with Crippen LogP contribution in [0.4, 0.5) is 0 Å². The van der Waals surface area contributed by atoms with Crippen LogP contribution in [-0.2, 0) is 9.59 Å². The highest BCUT2D eigenvalue weighted by Gasteiger charge is 2.37. The minimum absolute atomic E-state index is 0.0355. The highest BCUT2D eigenvalue weighted by Crippen LogP contribution is 2.25. The van der Waals surface area contributed by atoms with Crippen molar-refractivity contribution in [2.75, 3.05) is 19.6 Å². The summed E-state index contributed by atoms with van der Waals surface area (Å²) in [6.07, 6.45) is 4.66. The molecule has 2 aliphatic heterocycles. The average Bonchev–Trinajstić information content (AvgIpc) is 3.21. The highest BCUT2D eigenvalue weighted by molar-refractivity contribution is 7.12. The second kappa shape index (κ2) is 8.87. The molecule has 0 aliphatic carbocycles. The van der Waals surface area contributed by atoms with Gasteiger partial charge in [0, 0.05) is 32.6 Å². The molecule has 2 unspecified atom stereocenters. The summed E-state index contributed by atoms with van der Waals surface area (Å²) in [7, 11) is 0. The fourth-order valence-electron chi connectivity index (χ4n) is 4.15. The molecule has 2 atom stereocenters. The van der Waals surface area contributed by atoms with Crippen molar-refractivity contribution in [1.82, 2.24) is 15.1 Å². The zero-order valence-electron chi connectivity index (χ0n) is 16.1. The summed E-state index contributed by atoms with van der Waals surface area (Å²) >= 11 is 1.38. The van der Waals surface area contributed by atoms with Crippen molar-refractivity contribution < 1.29 is 14.4 Å². The molecule has 3 amide bonds. The van der Waals surface area contributed by atoms with Crippen molar-refractivity contribution in [3.63, 3.8) is 0 Å². The van der Waals surface area contributed by atoms with Gasteiger partial charge in [-0.15, -0.1) is 11.3 Å². The van der Waals surface area contributed by atoms with Gasteiger partial charge in [0.1, 0.15) is 6.04 Å². The molecule has 2 fully saturated rings. The van der Waals surface area contributed by atoms with Gasteiger partial charge in [0.15, 0.2) is 0 Å². The van der Waals surface area contributed by atoms with Gasteiger partial charge in [-0.1, -0.05) is 6.07 Å². The molecule has 27 heavy (non-hydrogen) atoms. The monoisotopic (exact) mass is 391 g/mol. The number of rotatable bonds is 4. The van der Waals surface area contributed by atoms with Gasteiger partial charge in [0.25, 0.3) is 5.91 Å². The summed E-state index contributed by atoms with van der Waals surface area (Å²) in [6.45, 7) is 5.73. The smallest absolute Gasteiger partial charge is 0.262 e. The number of hydrogen-bond acceptors (Lipinski definition) is 4. The number of likely N-dealkylation sites (tertiary alicyclic amines) is 2. The van der Waals surface area contributed by atoms with E-state index in [9.17, 15) is 14.4 Å². The first-order chi connectivity index (χ1) is 13.0. The summed E-state index contributed by atoms with van der Waals surface area (Å²) in [6, 6.07) is 3.32. The third-order valence-corrected chi connectivity index (χ3v) is 6.71. The number of nitrogens with zero attached hydrogens (tertiary/aromatic N) is 2. The summed E-state index contributed by atoms with van der Waals surface area (Å²) in [5.41, 5.74) is 0. The maximum atomic E-state index is 13.4. The second-order valence-corrected chi connectivity index (χ2v) is 8.60. The average molecular weight is 392 g/mol. The van der Waals surface area contributed by atoms with Crippen LogP contribution < -0.4 is 5.32 Å². The molecule has 2 saturated heterocycles. The van der Waals surface area contributed by atoms with Crippen molar-refractivity contribution >= 4 is 29.1 Å². The van der Waals surface area contributed by atoms with Crippen LogP contribution >= 0.6 is 11.3 Å². The topological polar surface area (TPSA) is 69.7 Å². The van der Waals surface area contributed by atoms with Gasteiger partial charge in [-0.3, -0.25) is 14.4 Å². The van der Waals surface area contributed by atoms with Gasteiger partial charge in [0.05, 0.1) is 4.88 Å². The zero-order valence-corrected chi connectivity index (χ0v) is 17.0. The zero-order chi connectivity index (χ0) is 19.4. The molecule has 0 radical (unpaired) electrons. The molecule has 6 nitrogen and oxygen atoms in total. The molecule has 2 aliphatic rings. The Morgan fingerprint density at radius 1 is 1.15 bits per heavy atom. The van der Waals surface area contributed by atoms with Gasteiger partial charge < -0.3 is 15.1 Å². The van der Waals surface area contributed by atoms with Gasteiger partial charge in [-0.2, -0.15) is 0 Å². The van der Waals surface area contributed by atoms with Crippen molar-refractivity contribution in [2.45, 2.75) is 58.0 Å². The van der Waals surface area contributed by atoms with Crippen molar-refractivity contribution in [3.05, 3.63) is 22.4 Å². The fourth-order valence-corrected chi connectivity index (χ4v) is 4.78. The van der Waals surface area contributed by atoms with Gasteiger partial charge >= 0.3 is 0 Å².